The lowest BCUT2D eigenvalue weighted by Crippen LogP contribution is -2.41. The third kappa shape index (κ3) is 3.49. The van der Waals surface area contributed by atoms with Gasteiger partial charge in [-0.15, -0.1) is 0 Å². The van der Waals surface area contributed by atoms with Crippen molar-refractivity contribution in [1.29, 1.82) is 0 Å². The summed E-state index contributed by atoms with van der Waals surface area (Å²) in [5.41, 5.74) is 0.918. The van der Waals surface area contributed by atoms with Crippen LogP contribution in [0.4, 0.5) is 10.1 Å². The molecule has 0 amide bonds. The largest absolute Gasteiger partial charge is 0.373 e. The maximum Gasteiger partial charge on any atom is 0.125 e. The third-order valence-electron chi connectivity index (χ3n) is 2.90. The molecule has 1 aromatic carbocycles. The van der Waals surface area contributed by atoms with E-state index in [9.17, 15) is 4.39 Å². The van der Waals surface area contributed by atoms with E-state index in [1.54, 1.807) is 12.1 Å². The predicted octanol–water partition coefficient (Wildman–Crippen LogP) is 2.51. The first-order valence-electron chi connectivity index (χ1n) is 5.68. The van der Waals surface area contributed by atoms with Crippen LogP contribution < -0.4 is 10.2 Å². The molecule has 0 aliphatic carbocycles. The lowest BCUT2D eigenvalue weighted by molar-refractivity contribution is 0.429. The number of anilines is 1. The van der Waals surface area contributed by atoms with Gasteiger partial charge in [-0.1, -0.05) is 19.9 Å². The summed E-state index contributed by atoms with van der Waals surface area (Å²) in [4.78, 5) is 2.07. The highest BCUT2D eigenvalue weighted by Crippen LogP contribution is 2.15. The molecule has 0 spiro atoms. The Balaban J connectivity index is 2.67. The zero-order valence-electron chi connectivity index (χ0n) is 10.5. The van der Waals surface area contributed by atoms with E-state index in [4.69, 9.17) is 0 Å². The van der Waals surface area contributed by atoms with Crippen LogP contribution in [0.2, 0.25) is 0 Å². The molecule has 0 aliphatic rings. The second-order valence-corrected chi connectivity index (χ2v) is 4.50. The fraction of sp³-hybridized carbons (Fsp3) is 0.538. The molecule has 0 heterocycles. The van der Waals surface area contributed by atoms with Gasteiger partial charge in [-0.3, -0.25) is 0 Å². The van der Waals surface area contributed by atoms with Gasteiger partial charge < -0.3 is 10.2 Å². The first-order chi connectivity index (χ1) is 7.54. The summed E-state index contributed by atoms with van der Waals surface area (Å²) in [6.07, 6.45) is 0. The van der Waals surface area contributed by atoms with Crippen LogP contribution in [0.3, 0.4) is 0 Å². The third-order valence-corrected chi connectivity index (χ3v) is 2.90. The van der Waals surface area contributed by atoms with Gasteiger partial charge in [0.15, 0.2) is 0 Å². The normalized spacial score (nSPS) is 12.9. The molecule has 1 N–H and O–H groups in total. The van der Waals surface area contributed by atoms with Crippen molar-refractivity contribution in [3.8, 4) is 0 Å². The van der Waals surface area contributed by atoms with E-state index in [2.05, 4.69) is 24.1 Å². The second-order valence-electron chi connectivity index (χ2n) is 4.50. The van der Waals surface area contributed by atoms with Crippen LogP contribution >= 0.6 is 0 Å². The first kappa shape index (κ1) is 13.0. The minimum atomic E-state index is -0.185. The monoisotopic (exact) mass is 224 g/mol. The van der Waals surface area contributed by atoms with Crippen LogP contribution in [0.15, 0.2) is 24.3 Å². The van der Waals surface area contributed by atoms with Gasteiger partial charge in [0.1, 0.15) is 5.82 Å². The van der Waals surface area contributed by atoms with Crippen molar-refractivity contribution in [1.82, 2.24) is 5.32 Å². The summed E-state index contributed by atoms with van der Waals surface area (Å²) in [5, 5.41) is 3.28. The molecule has 3 heteroatoms. The topological polar surface area (TPSA) is 15.3 Å². The summed E-state index contributed by atoms with van der Waals surface area (Å²) < 4.78 is 13.1. The Bertz CT molecular complexity index is 325. The Morgan fingerprint density at radius 1 is 1.38 bits per heavy atom. The molecule has 0 saturated carbocycles. The first-order valence-corrected chi connectivity index (χ1v) is 5.68. The van der Waals surface area contributed by atoms with Gasteiger partial charge in [0, 0.05) is 25.3 Å². The Morgan fingerprint density at radius 2 is 2.06 bits per heavy atom. The van der Waals surface area contributed by atoms with Crippen molar-refractivity contribution >= 4 is 5.69 Å². The van der Waals surface area contributed by atoms with Crippen LogP contribution in [-0.2, 0) is 0 Å². The smallest absolute Gasteiger partial charge is 0.125 e. The zero-order valence-corrected chi connectivity index (χ0v) is 10.5. The number of hydrogen-bond donors (Lipinski definition) is 1. The number of likely N-dealkylation sites (N-methyl/N-ethyl adjacent to an activating group) is 2. The SMILES string of the molecule is CNC(CN(C)c1cccc(F)c1)C(C)C. The fourth-order valence-electron chi connectivity index (χ4n) is 1.75. The molecule has 0 saturated heterocycles. The van der Waals surface area contributed by atoms with Crippen LogP contribution in [0.1, 0.15) is 13.8 Å². The molecule has 1 aromatic rings. The molecule has 1 unspecified atom stereocenters. The number of nitrogens with zero attached hydrogens (tertiary/aromatic N) is 1. The Labute approximate surface area is 97.5 Å². The van der Waals surface area contributed by atoms with Gasteiger partial charge in [-0.25, -0.2) is 4.39 Å². The summed E-state index contributed by atoms with van der Waals surface area (Å²) in [7, 11) is 3.95. The van der Waals surface area contributed by atoms with Gasteiger partial charge in [0.25, 0.3) is 0 Å². The molecule has 2 nitrogen and oxygen atoms in total. The van der Waals surface area contributed by atoms with Gasteiger partial charge in [0.05, 0.1) is 0 Å². The van der Waals surface area contributed by atoms with Gasteiger partial charge in [-0.05, 0) is 31.2 Å². The number of hydrogen-bond acceptors (Lipinski definition) is 2. The molecule has 16 heavy (non-hydrogen) atoms. The summed E-state index contributed by atoms with van der Waals surface area (Å²) >= 11 is 0. The second kappa shape index (κ2) is 5.85. The van der Waals surface area contributed by atoms with Gasteiger partial charge in [-0.2, -0.15) is 0 Å². The van der Waals surface area contributed by atoms with Crippen molar-refractivity contribution in [3.05, 3.63) is 30.1 Å². The molecule has 1 rings (SSSR count). The van der Waals surface area contributed by atoms with Gasteiger partial charge >= 0.3 is 0 Å². The van der Waals surface area contributed by atoms with E-state index >= 15 is 0 Å². The molecule has 1 atom stereocenters. The Hall–Kier alpha value is -1.09. The van der Waals surface area contributed by atoms with E-state index < -0.39 is 0 Å². The van der Waals surface area contributed by atoms with Crippen LogP contribution in [0.25, 0.3) is 0 Å². The highest BCUT2D eigenvalue weighted by molar-refractivity contribution is 5.45. The highest BCUT2D eigenvalue weighted by atomic mass is 19.1. The van der Waals surface area contributed by atoms with Crippen LogP contribution in [-0.4, -0.2) is 26.7 Å². The lowest BCUT2D eigenvalue weighted by Gasteiger charge is -2.28. The van der Waals surface area contributed by atoms with E-state index in [1.807, 2.05) is 20.2 Å². The van der Waals surface area contributed by atoms with Crippen molar-refractivity contribution in [2.45, 2.75) is 19.9 Å². The maximum absolute atomic E-state index is 13.1. The Morgan fingerprint density at radius 3 is 2.56 bits per heavy atom. The van der Waals surface area contributed by atoms with Crippen LogP contribution in [0.5, 0.6) is 0 Å². The van der Waals surface area contributed by atoms with E-state index in [1.165, 1.54) is 6.07 Å². The molecule has 90 valence electrons. The minimum absolute atomic E-state index is 0.185. The van der Waals surface area contributed by atoms with Crippen molar-refractivity contribution in [2.24, 2.45) is 5.92 Å². The van der Waals surface area contributed by atoms with E-state index in [0.717, 1.165) is 12.2 Å². The van der Waals surface area contributed by atoms with Gasteiger partial charge in [0.2, 0.25) is 0 Å². The Kier molecular flexibility index (Phi) is 4.74. The molecular formula is C13H21FN2. The molecular weight excluding hydrogens is 203 g/mol. The van der Waals surface area contributed by atoms with E-state index in [0.29, 0.717) is 12.0 Å². The lowest BCUT2D eigenvalue weighted by atomic mass is 10.0. The number of halogens is 1. The standard InChI is InChI=1S/C13H21FN2/c1-10(2)13(15-3)9-16(4)12-7-5-6-11(14)8-12/h5-8,10,13,15H,9H2,1-4H3. The zero-order chi connectivity index (χ0) is 12.1. The number of benzene rings is 1. The average Bonchev–Trinajstić information content (AvgIpc) is 2.25. The molecule has 0 radical (unpaired) electrons. The minimum Gasteiger partial charge on any atom is -0.373 e. The highest BCUT2D eigenvalue weighted by Gasteiger charge is 2.13. The summed E-state index contributed by atoms with van der Waals surface area (Å²) in [6.45, 7) is 5.23. The van der Waals surface area contributed by atoms with Crippen molar-refractivity contribution in [3.63, 3.8) is 0 Å². The van der Waals surface area contributed by atoms with E-state index in [-0.39, 0.29) is 5.82 Å². The maximum atomic E-state index is 13.1. The van der Waals surface area contributed by atoms with Crippen molar-refractivity contribution in [2.75, 3.05) is 25.5 Å². The summed E-state index contributed by atoms with van der Waals surface area (Å²) in [5.74, 6) is 0.371. The molecule has 0 aromatic heterocycles. The predicted molar refractivity (Wildman–Crippen MR) is 67.4 cm³/mol. The molecule has 0 aliphatic heterocycles. The molecule has 0 fully saturated rings. The molecule has 0 bridgehead atoms. The fourth-order valence-corrected chi connectivity index (χ4v) is 1.75. The number of nitrogens with one attached hydrogen (secondary N) is 1. The quantitative estimate of drug-likeness (QED) is 0.826. The average molecular weight is 224 g/mol. The summed E-state index contributed by atoms with van der Waals surface area (Å²) in [6, 6.07) is 7.11. The number of rotatable bonds is 5. The van der Waals surface area contributed by atoms with Crippen molar-refractivity contribution < 1.29 is 4.39 Å². The van der Waals surface area contributed by atoms with Crippen LogP contribution in [0, 0.1) is 11.7 Å².